The fourth-order valence-corrected chi connectivity index (χ4v) is 2.20. The minimum atomic E-state index is 0.807. The van der Waals surface area contributed by atoms with Crippen LogP contribution >= 0.6 is 0 Å². The van der Waals surface area contributed by atoms with Crippen molar-refractivity contribution in [3.8, 4) is 0 Å². The molecule has 92 valence electrons. The lowest BCUT2D eigenvalue weighted by atomic mass is 10.2. The Labute approximate surface area is 107 Å². The summed E-state index contributed by atoms with van der Waals surface area (Å²) >= 11 is 0. The first-order valence-electron chi connectivity index (χ1n) is 6.04. The van der Waals surface area contributed by atoms with Crippen molar-refractivity contribution < 1.29 is 0 Å². The largest absolute Gasteiger partial charge is 0.352 e. The molecule has 0 unspecified atom stereocenters. The van der Waals surface area contributed by atoms with Gasteiger partial charge in [-0.15, -0.1) is 0 Å². The van der Waals surface area contributed by atoms with Crippen molar-refractivity contribution in [2.24, 2.45) is 0 Å². The van der Waals surface area contributed by atoms with Crippen LogP contribution in [0, 0.1) is 13.8 Å². The molecule has 2 heterocycles. The molecule has 0 fully saturated rings. The van der Waals surface area contributed by atoms with E-state index < -0.39 is 0 Å². The Morgan fingerprint density at radius 3 is 2.56 bits per heavy atom. The highest BCUT2D eigenvalue weighted by Crippen LogP contribution is 2.37. The number of rotatable bonds is 1. The number of fused-ring (bicyclic) bond motifs is 1. The molecule has 0 atom stereocenters. The van der Waals surface area contributed by atoms with E-state index in [4.69, 9.17) is 0 Å². The fraction of sp³-hybridized carbons (Fsp3) is 0.286. The topological polar surface area (TPSA) is 32.3 Å². The Morgan fingerprint density at radius 2 is 1.83 bits per heavy atom. The maximum absolute atomic E-state index is 4.56. The SMILES string of the molecule is Cc1ccc(N2CN(C)c3cnc(C)nc32)cc1. The lowest BCUT2D eigenvalue weighted by molar-refractivity contribution is 0.942. The molecule has 0 bridgehead atoms. The summed E-state index contributed by atoms with van der Waals surface area (Å²) in [5.74, 6) is 1.80. The van der Waals surface area contributed by atoms with Gasteiger partial charge in [0, 0.05) is 12.7 Å². The van der Waals surface area contributed by atoms with E-state index in [1.165, 1.54) is 11.3 Å². The Kier molecular flexibility index (Phi) is 2.44. The standard InChI is InChI=1S/C14H16N4/c1-10-4-6-12(7-5-10)18-9-17(3)13-8-15-11(2)16-14(13)18/h4-8H,9H2,1-3H3. The second-order valence-electron chi connectivity index (χ2n) is 4.73. The van der Waals surface area contributed by atoms with E-state index in [1.807, 2.05) is 13.1 Å². The van der Waals surface area contributed by atoms with E-state index in [2.05, 4.69) is 58.0 Å². The van der Waals surface area contributed by atoms with Crippen LogP contribution in [0.1, 0.15) is 11.4 Å². The van der Waals surface area contributed by atoms with Crippen molar-refractivity contribution in [3.05, 3.63) is 41.9 Å². The molecule has 0 saturated heterocycles. The molecule has 0 radical (unpaired) electrons. The van der Waals surface area contributed by atoms with Gasteiger partial charge in [-0.25, -0.2) is 9.97 Å². The zero-order valence-corrected chi connectivity index (χ0v) is 10.9. The summed E-state index contributed by atoms with van der Waals surface area (Å²) in [5.41, 5.74) is 3.52. The first-order chi connectivity index (χ1) is 8.65. The highest BCUT2D eigenvalue weighted by atomic mass is 15.4. The van der Waals surface area contributed by atoms with Gasteiger partial charge in [0.2, 0.25) is 0 Å². The van der Waals surface area contributed by atoms with Crippen LogP contribution in [-0.2, 0) is 0 Å². The van der Waals surface area contributed by atoms with Gasteiger partial charge in [-0.05, 0) is 26.0 Å². The van der Waals surface area contributed by atoms with Crippen LogP contribution < -0.4 is 9.80 Å². The molecule has 0 spiro atoms. The van der Waals surface area contributed by atoms with Crippen LogP contribution in [0.15, 0.2) is 30.5 Å². The molecule has 0 aliphatic carbocycles. The van der Waals surface area contributed by atoms with Gasteiger partial charge in [0.05, 0.1) is 12.9 Å². The molecular weight excluding hydrogens is 224 g/mol. The van der Waals surface area contributed by atoms with Gasteiger partial charge in [0.25, 0.3) is 0 Å². The minimum Gasteiger partial charge on any atom is -0.352 e. The predicted octanol–water partition coefficient (Wildman–Crippen LogP) is 2.64. The maximum atomic E-state index is 4.56. The van der Waals surface area contributed by atoms with Gasteiger partial charge < -0.3 is 9.80 Å². The van der Waals surface area contributed by atoms with E-state index in [0.29, 0.717) is 0 Å². The van der Waals surface area contributed by atoms with E-state index in [-0.39, 0.29) is 0 Å². The predicted molar refractivity (Wildman–Crippen MR) is 73.4 cm³/mol. The number of benzene rings is 1. The average Bonchev–Trinajstić information content (AvgIpc) is 2.67. The van der Waals surface area contributed by atoms with Gasteiger partial charge in [0.15, 0.2) is 5.82 Å². The summed E-state index contributed by atoms with van der Waals surface area (Å²) in [6, 6.07) is 8.52. The molecule has 18 heavy (non-hydrogen) atoms. The van der Waals surface area contributed by atoms with Crippen molar-refractivity contribution in [1.29, 1.82) is 0 Å². The summed E-state index contributed by atoms with van der Waals surface area (Å²) in [7, 11) is 2.06. The minimum absolute atomic E-state index is 0.807. The van der Waals surface area contributed by atoms with Crippen LogP contribution in [0.25, 0.3) is 0 Å². The van der Waals surface area contributed by atoms with Crippen LogP contribution in [0.5, 0.6) is 0 Å². The Hall–Kier alpha value is -2.10. The molecule has 4 nitrogen and oxygen atoms in total. The Balaban J connectivity index is 2.06. The second kappa shape index (κ2) is 3.98. The van der Waals surface area contributed by atoms with E-state index in [0.717, 1.165) is 24.0 Å². The van der Waals surface area contributed by atoms with E-state index in [9.17, 15) is 0 Å². The molecule has 0 saturated carbocycles. The number of anilines is 3. The molecule has 1 aliphatic rings. The maximum Gasteiger partial charge on any atom is 0.161 e. The third-order valence-electron chi connectivity index (χ3n) is 3.24. The molecule has 1 aliphatic heterocycles. The van der Waals surface area contributed by atoms with Crippen LogP contribution in [-0.4, -0.2) is 23.7 Å². The van der Waals surface area contributed by atoms with Crippen LogP contribution in [0.3, 0.4) is 0 Å². The zero-order chi connectivity index (χ0) is 12.7. The lowest BCUT2D eigenvalue weighted by Gasteiger charge is -2.18. The van der Waals surface area contributed by atoms with Crippen molar-refractivity contribution >= 4 is 17.2 Å². The Morgan fingerprint density at radius 1 is 1.11 bits per heavy atom. The van der Waals surface area contributed by atoms with Crippen molar-refractivity contribution in [2.45, 2.75) is 13.8 Å². The van der Waals surface area contributed by atoms with Gasteiger partial charge in [0.1, 0.15) is 11.5 Å². The number of aromatic nitrogens is 2. The highest BCUT2D eigenvalue weighted by Gasteiger charge is 2.26. The quantitative estimate of drug-likeness (QED) is 0.767. The first kappa shape index (κ1) is 11.0. The molecule has 3 rings (SSSR count). The third-order valence-corrected chi connectivity index (χ3v) is 3.24. The monoisotopic (exact) mass is 240 g/mol. The Bertz CT molecular complexity index is 577. The number of hydrogen-bond acceptors (Lipinski definition) is 4. The summed E-state index contributed by atoms with van der Waals surface area (Å²) in [5, 5.41) is 0. The molecular formula is C14H16N4. The first-order valence-corrected chi connectivity index (χ1v) is 6.04. The molecule has 1 aromatic carbocycles. The fourth-order valence-electron chi connectivity index (χ4n) is 2.20. The average molecular weight is 240 g/mol. The number of nitrogens with zero attached hydrogens (tertiary/aromatic N) is 4. The van der Waals surface area contributed by atoms with E-state index in [1.54, 1.807) is 0 Å². The lowest BCUT2D eigenvalue weighted by Crippen LogP contribution is -2.24. The summed E-state index contributed by atoms with van der Waals surface area (Å²) in [6.45, 7) is 4.84. The van der Waals surface area contributed by atoms with Crippen LogP contribution in [0.4, 0.5) is 17.2 Å². The molecule has 4 heteroatoms. The van der Waals surface area contributed by atoms with E-state index >= 15 is 0 Å². The molecule has 0 amide bonds. The van der Waals surface area contributed by atoms with Crippen molar-refractivity contribution in [1.82, 2.24) is 9.97 Å². The third kappa shape index (κ3) is 1.70. The zero-order valence-electron chi connectivity index (χ0n) is 10.9. The summed E-state index contributed by atoms with van der Waals surface area (Å²) in [6.07, 6.45) is 1.89. The molecule has 0 N–H and O–H groups in total. The molecule has 2 aromatic rings. The highest BCUT2D eigenvalue weighted by molar-refractivity contribution is 5.78. The molecule has 1 aromatic heterocycles. The van der Waals surface area contributed by atoms with Crippen LogP contribution in [0.2, 0.25) is 0 Å². The van der Waals surface area contributed by atoms with Gasteiger partial charge in [-0.2, -0.15) is 0 Å². The number of aryl methyl sites for hydroxylation is 2. The van der Waals surface area contributed by atoms with Gasteiger partial charge in [-0.1, -0.05) is 17.7 Å². The smallest absolute Gasteiger partial charge is 0.161 e. The number of hydrogen-bond donors (Lipinski definition) is 0. The normalized spacial score (nSPS) is 13.9. The van der Waals surface area contributed by atoms with Crippen molar-refractivity contribution in [3.63, 3.8) is 0 Å². The van der Waals surface area contributed by atoms with Gasteiger partial charge >= 0.3 is 0 Å². The summed E-state index contributed by atoms with van der Waals surface area (Å²) < 4.78 is 0. The second-order valence-corrected chi connectivity index (χ2v) is 4.73. The van der Waals surface area contributed by atoms with Crippen molar-refractivity contribution in [2.75, 3.05) is 23.5 Å². The summed E-state index contributed by atoms with van der Waals surface area (Å²) in [4.78, 5) is 13.2. The van der Waals surface area contributed by atoms with Gasteiger partial charge in [-0.3, -0.25) is 0 Å².